The van der Waals surface area contributed by atoms with Crippen LogP contribution >= 0.6 is 0 Å². The minimum Gasteiger partial charge on any atom is -0.259 e. The molecule has 6 heteroatoms. The number of rotatable bonds is 2. The Kier molecular flexibility index (Phi) is 1.36. The van der Waals surface area contributed by atoms with Crippen molar-refractivity contribution in [3.05, 3.63) is 20.2 Å². The monoisotopic (exact) mass is 121 g/mol. The van der Waals surface area contributed by atoms with Crippen molar-refractivity contribution in [2.24, 2.45) is 0 Å². The summed E-state index contributed by atoms with van der Waals surface area (Å²) in [5.74, 6) is 0. The maximum Gasteiger partial charge on any atom is 0.448 e. The fraction of sp³-hybridized carbons (Fsp3) is 1.00. The van der Waals surface area contributed by atoms with Crippen LogP contribution in [-0.4, -0.2) is 16.0 Å². The summed E-state index contributed by atoms with van der Waals surface area (Å²) in [5, 5.41) is 19.3. The van der Waals surface area contributed by atoms with Gasteiger partial charge in [-0.05, 0) is 0 Å². The van der Waals surface area contributed by atoms with Crippen molar-refractivity contribution in [2.75, 3.05) is 0 Å². The van der Waals surface area contributed by atoms with Gasteiger partial charge in [0.05, 0.1) is 16.8 Å². The standard InChI is InChI=1S/C2H4N2O4/c1-2(3(5)6)4(7)8/h2H,1H3/i2D. The number of nitro groups is 2. The molecule has 0 aromatic carbocycles. The van der Waals surface area contributed by atoms with Crippen molar-refractivity contribution in [1.82, 2.24) is 0 Å². The lowest BCUT2D eigenvalue weighted by Gasteiger charge is -1.90. The van der Waals surface area contributed by atoms with Crippen molar-refractivity contribution in [3.8, 4) is 0 Å². The van der Waals surface area contributed by atoms with Crippen molar-refractivity contribution in [2.45, 2.75) is 13.1 Å². The van der Waals surface area contributed by atoms with Gasteiger partial charge in [0.1, 0.15) is 0 Å². The molecule has 0 saturated carbocycles. The van der Waals surface area contributed by atoms with Crippen LogP contribution in [0.25, 0.3) is 0 Å². The second-order valence-electron chi connectivity index (χ2n) is 1.06. The molecule has 0 aromatic rings. The summed E-state index contributed by atoms with van der Waals surface area (Å²) in [5.41, 5.74) is 0. The highest BCUT2D eigenvalue weighted by atomic mass is 16.7. The predicted molar refractivity (Wildman–Crippen MR) is 23.5 cm³/mol. The van der Waals surface area contributed by atoms with Gasteiger partial charge < -0.3 is 0 Å². The predicted octanol–water partition coefficient (Wildman–Crippen LogP) is -0.114. The van der Waals surface area contributed by atoms with Crippen LogP contribution in [0.5, 0.6) is 0 Å². The molecule has 0 atom stereocenters. The molecule has 0 unspecified atom stereocenters. The van der Waals surface area contributed by atoms with Crippen LogP contribution < -0.4 is 0 Å². The molecule has 0 rings (SSSR count). The van der Waals surface area contributed by atoms with Crippen LogP contribution in [0.15, 0.2) is 0 Å². The van der Waals surface area contributed by atoms with E-state index in [2.05, 4.69) is 0 Å². The molecule has 0 bridgehead atoms. The Bertz CT molecular complexity index is 139. The topological polar surface area (TPSA) is 86.3 Å². The van der Waals surface area contributed by atoms with E-state index in [-0.39, 0.29) is 0 Å². The summed E-state index contributed by atoms with van der Waals surface area (Å²) < 4.78 is 6.44. The molecule has 0 spiro atoms. The quantitative estimate of drug-likeness (QED) is 0.289. The van der Waals surface area contributed by atoms with Crippen molar-refractivity contribution in [3.63, 3.8) is 0 Å². The molecule has 0 aliphatic carbocycles. The first-order valence-corrected chi connectivity index (χ1v) is 1.68. The molecular weight excluding hydrogens is 116 g/mol. The zero-order chi connectivity index (χ0) is 7.65. The van der Waals surface area contributed by atoms with Crippen LogP contribution in [-0.2, 0) is 0 Å². The van der Waals surface area contributed by atoms with Crippen LogP contribution in [0.1, 0.15) is 8.29 Å². The molecule has 0 N–H and O–H groups in total. The Hall–Kier alpha value is -1.20. The molecular formula is C2H4N2O4. The molecule has 0 aromatic heterocycles. The molecule has 0 amide bonds. The third-order valence-electron chi connectivity index (χ3n) is 0.528. The van der Waals surface area contributed by atoms with E-state index >= 15 is 0 Å². The van der Waals surface area contributed by atoms with Gasteiger partial charge >= 0.3 is 6.14 Å². The zero-order valence-corrected chi connectivity index (χ0v) is 4.03. The van der Waals surface area contributed by atoms with Crippen LogP contribution in [0.3, 0.4) is 0 Å². The molecule has 8 heavy (non-hydrogen) atoms. The maximum absolute atomic E-state index is 9.64. The normalized spacial score (nSPS) is 12.4. The fourth-order valence-corrected chi connectivity index (χ4v) is 0.0667. The van der Waals surface area contributed by atoms with E-state index in [0.29, 0.717) is 6.92 Å². The van der Waals surface area contributed by atoms with Gasteiger partial charge in [-0.1, -0.05) is 0 Å². The lowest BCUT2D eigenvalue weighted by atomic mass is 10.6. The van der Waals surface area contributed by atoms with Gasteiger partial charge in [0.25, 0.3) is 0 Å². The number of nitrogens with zero attached hydrogens (tertiary/aromatic N) is 2. The second kappa shape index (κ2) is 2.20. The van der Waals surface area contributed by atoms with Crippen LogP contribution in [0, 0.1) is 20.2 Å². The number of hydrogen-bond acceptors (Lipinski definition) is 4. The summed E-state index contributed by atoms with van der Waals surface area (Å²) in [4.78, 5) is 16.7. The van der Waals surface area contributed by atoms with Gasteiger partial charge in [-0.25, -0.2) is 0 Å². The molecule has 0 saturated heterocycles. The van der Waals surface area contributed by atoms with Gasteiger partial charge in [-0.15, -0.1) is 0 Å². The molecule has 0 aliphatic heterocycles. The van der Waals surface area contributed by atoms with E-state index in [4.69, 9.17) is 1.37 Å². The first kappa shape index (κ1) is 4.95. The minimum absolute atomic E-state index is 0.604. The van der Waals surface area contributed by atoms with E-state index in [9.17, 15) is 20.2 Å². The maximum atomic E-state index is 9.64. The summed E-state index contributed by atoms with van der Waals surface area (Å²) in [7, 11) is 0. The minimum atomic E-state index is -2.81. The Morgan fingerprint density at radius 2 is 1.75 bits per heavy atom. The van der Waals surface area contributed by atoms with Gasteiger partial charge in [-0.2, -0.15) is 0 Å². The number of hydrogen-bond donors (Lipinski definition) is 0. The highest BCUT2D eigenvalue weighted by Gasteiger charge is 2.23. The average molecular weight is 121 g/mol. The largest absolute Gasteiger partial charge is 0.448 e. The van der Waals surface area contributed by atoms with Gasteiger partial charge in [0, 0.05) is 0 Å². The van der Waals surface area contributed by atoms with E-state index in [1.54, 1.807) is 0 Å². The lowest BCUT2D eigenvalue weighted by Crippen LogP contribution is -2.24. The molecule has 46 valence electrons. The molecule has 0 fully saturated rings. The Morgan fingerprint density at radius 1 is 1.50 bits per heavy atom. The SMILES string of the molecule is [2H]C(C)([N+](=O)[O-])[N+](=O)[O-]. The first-order chi connectivity index (χ1) is 3.89. The van der Waals surface area contributed by atoms with Gasteiger partial charge in [0.15, 0.2) is 0 Å². The average Bonchev–Trinajstić information content (AvgIpc) is 1.65. The van der Waals surface area contributed by atoms with Crippen molar-refractivity contribution in [1.29, 1.82) is 0 Å². The molecule has 6 nitrogen and oxygen atoms in total. The summed E-state index contributed by atoms with van der Waals surface area (Å²) in [6.45, 7) is 0.604. The van der Waals surface area contributed by atoms with Crippen molar-refractivity contribution >= 4 is 0 Å². The van der Waals surface area contributed by atoms with Gasteiger partial charge in [-0.3, -0.25) is 20.2 Å². The Balaban J connectivity index is 4.38. The van der Waals surface area contributed by atoms with Crippen LogP contribution in [0.4, 0.5) is 0 Å². The highest BCUT2D eigenvalue weighted by molar-refractivity contribution is 4.23. The van der Waals surface area contributed by atoms with E-state index in [1.165, 1.54) is 0 Å². The first-order valence-electron chi connectivity index (χ1n) is 2.18. The van der Waals surface area contributed by atoms with Crippen molar-refractivity contribution < 1.29 is 11.2 Å². The van der Waals surface area contributed by atoms with Crippen LogP contribution in [0.2, 0.25) is 0 Å². The highest BCUT2D eigenvalue weighted by Crippen LogP contribution is 1.85. The third kappa shape index (κ3) is 1.50. The van der Waals surface area contributed by atoms with E-state index in [0.717, 1.165) is 0 Å². The zero-order valence-electron chi connectivity index (χ0n) is 5.03. The third-order valence-corrected chi connectivity index (χ3v) is 0.528. The summed E-state index contributed by atoms with van der Waals surface area (Å²) in [6.07, 6.45) is -2.81. The summed E-state index contributed by atoms with van der Waals surface area (Å²) in [6, 6.07) is 0. The molecule has 0 heterocycles. The van der Waals surface area contributed by atoms with Gasteiger partial charge in [0.2, 0.25) is 1.37 Å². The van der Waals surface area contributed by atoms with E-state index in [1.807, 2.05) is 0 Å². The smallest absolute Gasteiger partial charge is 0.259 e. The van der Waals surface area contributed by atoms with E-state index < -0.39 is 16.0 Å². The molecule has 0 radical (unpaired) electrons. The Morgan fingerprint density at radius 3 is 1.75 bits per heavy atom. The fourth-order valence-electron chi connectivity index (χ4n) is 0.0667. The Labute approximate surface area is 45.8 Å². The molecule has 0 aliphatic rings. The lowest BCUT2D eigenvalue weighted by molar-refractivity contribution is -0.737. The second-order valence-corrected chi connectivity index (χ2v) is 1.06. The summed E-state index contributed by atoms with van der Waals surface area (Å²) >= 11 is 0.